The van der Waals surface area contributed by atoms with Crippen LogP contribution in [0.3, 0.4) is 0 Å². The van der Waals surface area contributed by atoms with Gasteiger partial charge in [-0.25, -0.2) is 8.78 Å². The predicted molar refractivity (Wildman–Crippen MR) is 197 cm³/mol. The summed E-state index contributed by atoms with van der Waals surface area (Å²) in [5.41, 5.74) is 0.455. The minimum absolute atomic E-state index is 0.0189. The molecule has 0 aliphatic carbocycles. The number of halogens is 2. The molecule has 0 aromatic heterocycles. The van der Waals surface area contributed by atoms with Crippen molar-refractivity contribution < 1.29 is 32.6 Å². The van der Waals surface area contributed by atoms with Crippen LogP contribution < -0.4 is 15.3 Å². The van der Waals surface area contributed by atoms with Gasteiger partial charge in [-0.15, -0.1) is 11.8 Å². The molecule has 0 radical (unpaired) electrons. The van der Waals surface area contributed by atoms with Gasteiger partial charge in [0, 0.05) is 37.3 Å². The van der Waals surface area contributed by atoms with Crippen LogP contribution in [0.2, 0.25) is 5.04 Å². The quantitative estimate of drug-likeness (QED) is 0.317. The van der Waals surface area contributed by atoms with E-state index in [1.807, 2.05) is 55.1 Å². The molecule has 268 valence electrons. The van der Waals surface area contributed by atoms with Crippen molar-refractivity contribution in [2.45, 2.75) is 63.2 Å². The van der Waals surface area contributed by atoms with E-state index in [4.69, 9.17) is 13.9 Å². The Labute approximate surface area is 298 Å². The first-order chi connectivity index (χ1) is 23.9. The van der Waals surface area contributed by atoms with Crippen LogP contribution in [0, 0.1) is 11.6 Å². The molecular formula is C38H47F2N3O5SSi. The summed E-state index contributed by atoms with van der Waals surface area (Å²) in [6, 6.07) is 21.9. The van der Waals surface area contributed by atoms with Gasteiger partial charge in [0.1, 0.15) is 10.5 Å². The number of hydrogen-bond donors (Lipinski definition) is 1. The van der Waals surface area contributed by atoms with Crippen molar-refractivity contribution in [1.29, 1.82) is 0 Å². The molecule has 0 saturated carbocycles. The second-order valence-corrected chi connectivity index (χ2v) is 19.9. The highest BCUT2D eigenvalue weighted by molar-refractivity contribution is 8.01. The summed E-state index contributed by atoms with van der Waals surface area (Å²) in [7, 11) is -3.10. The third-order valence-corrected chi connectivity index (χ3v) is 16.2. The minimum atomic E-state index is -3.10. The molecule has 3 aliphatic rings. The number of nitrogens with zero attached hydrogens (tertiary/aromatic N) is 3. The van der Waals surface area contributed by atoms with E-state index in [2.05, 4.69) is 50.0 Å². The molecule has 3 aliphatic heterocycles. The van der Waals surface area contributed by atoms with Crippen molar-refractivity contribution in [1.82, 2.24) is 4.90 Å². The van der Waals surface area contributed by atoms with E-state index in [0.717, 1.165) is 22.1 Å². The van der Waals surface area contributed by atoms with Gasteiger partial charge < -0.3 is 28.8 Å². The Balaban J connectivity index is 1.52. The summed E-state index contributed by atoms with van der Waals surface area (Å²) in [6.45, 7) is 11.8. The van der Waals surface area contributed by atoms with Gasteiger partial charge in [-0.2, -0.15) is 0 Å². The van der Waals surface area contributed by atoms with Crippen LogP contribution >= 0.6 is 11.8 Å². The highest BCUT2D eigenvalue weighted by Gasteiger charge is 2.52. The molecule has 3 aromatic rings. The number of carbonyl (C=O) groups excluding carboxylic acids is 1. The molecule has 1 unspecified atom stereocenters. The molecule has 2 saturated heterocycles. The van der Waals surface area contributed by atoms with Gasteiger partial charge in [-0.1, -0.05) is 81.4 Å². The zero-order chi connectivity index (χ0) is 35.7. The van der Waals surface area contributed by atoms with Gasteiger partial charge in [-0.3, -0.25) is 9.79 Å². The van der Waals surface area contributed by atoms with Gasteiger partial charge in [0.15, 0.2) is 11.6 Å². The lowest BCUT2D eigenvalue weighted by Gasteiger charge is -2.44. The maximum absolute atomic E-state index is 17.0. The highest BCUT2D eigenvalue weighted by Crippen LogP contribution is 2.47. The number of aliphatic hydroxyl groups excluding tert-OH is 1. The molecule has 0 bridgehead atoms. The van der Waals surface area contributed by atoms with Gasteiger partial charge in [0.2, 0.25) is 0 Å². The van der Waals surface area contributed by atoms with Crippen molar-refractivity contribution in [3.05, 3.63) is 89.5 Å². The van der Waals surface area contributed by atoms with Crippen molar-refractivity contribution in [2.24, 2.45) is 4.99 Å². The largest absolute Gasteiger partial charge is 0.403 e. The molecule has 1 N–H and O–H groups in total. The van der Waals surface area contributed by atoms with Crippen molar-refractivity contribution >= 4 is 47.8 Å². The van der Waals surface area contributed by atoms with Crippen LogP contribution in [0.25, 0.3) is 0 Å². The summed E-state index contributed by atoms with van der Waals surface area (Å²) in [5, 5.41) is 12.8. The van der Waals surface area contributed by atoms with Crippen LogP contribution in [-0.4, -0.2) is 94.0 Å². The number of benzene rings is 3. The first-order valence-electron chi connectivity index (χ1n) is 17.3. The monoisotopic (exact) mass is 723 g/mol. The van der Waals surface area contributed by atoms with Gasteiger partial charge in [-0.05, 0) is 35.3 Å². The van der Waals surface area contributed by atoms with Gasteiger partial charge in [0.25, 0.3) is 14.2 Å². The maximum Gasteiger partial charge on any atom is 0.269 e. The first-order valence-corrected chi connectivity index (χ1v) is 20.2. The topological polar surface area (TPSA) is 83.8 Å². The Hall–Kier alpha value is -3.13. The fraction of sp³-hybridized carbons (Fsp3) is 0.474. The zero-order valence-electron chi connectivity index (χ0n) is 29.5. The van der Waals surface area contributed by atoms with E-state index < -0.39 is 37.2 Å². The van der Waals surface area contributed by atoms with E-state index in [-0.39, 0.29) is 46.7 Å². The zero-order valence-corrected chi connectivity index (χ0v) is 31.3. The van der Waals surface area contributed by atoms with Crippen LogP contribution in [0.15, 0.2) is 71.7 Å². The third-order valence-electron chi connectivity index (χ3n) is 9.93. The van der Waals surface area contributed by atoms with E-state index >= 15 is 8.78 Å². The maximum atomic E-state index is 17.0. The number of aliphatic imine (C=N–C) groups is 1. The van der Waals surface area contributed by atoms with Crippen LogP contribution in [0.5, 0.6) is 0 Å². The highest BCUT2D eigenvalue weighted by atomic mass is 32.2. The number of aliphatic hydroxyl groups is 1. The molecule has 12 heteroatoms. The predicted octanol–water partition coefficient (Wildman–Crippen LogP) is 4.85. The number of rotatable bonds is 9. The number of hydrogen-bond acceptors (Lipinski definition) is 8. The fourth-order valence-corrected chi connectivity index (χ4v) is 13.3. The minimum Gasteiger partial charge on any atom is -0.403 e. The van der Waals surface area contributed by atoms with Crippen molar-refractivity contribution in [2.75, 3.05) is 56.8 Å². The second kappa shape index (κ2) is 14.8. The normalized spacial score (nSPS) is 23.2. The van der Waals surface area contributed by atoms with Gasteiger partial charge in [0.05, 0.1) is 50.2 Å². The smallest absolute Gasteiger partial charge is 0.269 e. The van der Waals surface area contributed by atoms with E-state index in [1.165, 1.54) is 0 Å². The summed E-state index contributed by atoms with van der Waals surface area (Å²) >= 11 is 1.13. The number of amides is 1. The summed E-state index contributed by atoms with van der Waals surface area (Å²) in [5.74, 6) is -2.42. The Morgan fingerprint density at radius 1 is 1.00 bits per heavy atom. The second-order valence-electron chi connectivity index (χ2n) is 14.3. The fourth-order valence-electron chi connectivity index (χ4n) is 7.69. The Morgan fingerprint density at radius 3 is 2.12 bits per heavy atom. The summed E-state index contributed by atoms with van der Waals surface area (Å²) in [4.78, 5) is 21.8. The van der Waals surface area contributed by atoms with Crippen molar-refractivity contribution in [3.8, 4) is 0 Å². The number of ether oxygens (including phenoxy) is 2. The van der Waals surface area contributed by atoms with E-state index in [9.17, 15) is 9.90 Å². The number of thioether (sulfide) groups is 1. The average Bonchev–Trinajstić information content (AvgIpc) is 3.55. The molecule has 3 aromatic carbocycles. The van der Waals surface area contributed by atoms with Crippen molar-refractivity contribution in [3.63, 3.8) is 0 Å². The number of morpholine rings is 2. The van der Waals surface area contributed by atoms with Crippen LogP contribution in [0.4, 0.5) is 14.5 Å². The lowest BCUT2D eigenvalue weighted by Crippen LogP contribution is -2.66. The summed E-state index contributed by atoms with van der Waals surface area (Å²) in [6.07, 6.45) is -0.434. The van der Waals surface area contributed by atoms with E-state index in [1.54, 1.807) is 11.0 Å². The Kier molecular flexibility index (Phi) is 10.9. The molecule has 8 nitrogen and oxygen atoms in total. The number of anilines is 1. The van der Waals surface area contributed by atoms with E-state index in [0.29, 0.717) is 45.0 Å². The average molecular weight is 724 g/mol. The number of carbonyl (C=O) groups is 1. The molecule has 0 spiro atoms. The molecular weight excluding hydrogens is 677 g/mol. The van der Waals surface area contributed by atoms with Gasteiger partial charge >= 0.3 is 0 Å². The third kappa shape index (κ3) is 6.66. The Bertz CT molecular complexity index is 1650. The molecule has 3 atom stereocenters. The molecule has 3 heterocycles. The summed E-state index contributed by atoms with van der Waals surface area (Å²) < 4.78 is 50.8. The van der Waals surface area contributed by atoms with Crippen LogP contribution in [0.1, 0.15) is 45.7 Å². The lowest BCUT2D eigenvalue weighted by molar-refractivity contribution is -0.128. The molecule has 50 heavy (non-hydrogen) atoms. The Morgan fingerprint density at radius 2 is 1.58 bits per heavy atom. The standard InChI is InChI=1S/C38H47F2N3O5SSi/c1-26-21-43(22-27(2)48-26)34-28(23-47-50(37(3,4)5,29-12-8-6-9-13-29)30-14-10-7-11-15-30)20-31(32(39)33(34)40)38(24-44)35(41-25-49-38)36(45)42-16-18-46-19-17-42/h6-15,20,26-27,44H,16-19,21-25H2,1-5H3/t26-,27+,38?. The molecule has 6 rings (SSSR count). The van der Waals surface area contributed by atoms with Crippen LogP contribution in [-0.2, 0) is 30.0 Å². The molecule has 2 fully saturated rings. The lowest BCUT2D eigenvalue weighted by atomic mass is 9.89. The first kappa shape index (κ1) is 36.7. The molecule has 1 amide bonds. The SMILES string of the molecule is C[C@@H]1CN(c2c(CO[Si](c3ccccc3)(c3ccccc3)C(C)(C)C)cc(C3(CO)SCN=C3C(=O)N3CCOCC3)c(F)c2F)C[C@H](C)O1.